The standard InChI is InChI=1S/C13H17NO2/c1-4-14-11(15)13(16,12(14,2)3)10-8-6-5-7-9-10/h5-9,16H,4H2,1-3H3/t13-/m0/s1. The van der Waals surface area contributed by atoms with E-state index in [9.17, 15) is 9.90 Å². The molecule has 1 amide bonds. The number of nitrogens with zero attached hydrogens (tertiary/aromatic N) is 1. The van der Waals surface area contributed by atoms with Crippen LogP contribution in [0.1, 0.15) is 26.3 Å². The van der Waals surface area contributed by atoms with Gasteiger partial charge in [-0.3, -0.25) is 4.79 Å². The molecule has 1 heterocycles. The van der Waals surface area contributed by atoms with E-state index in [2.05, 4.69) is 0 Å². The smallest absolute Gasteiger partial charge is 0.262 e. The minimum atomic E-state index is -1.37. The Hall–Kier alpha value is -1.35. The van der Waals surface area contributed by atoms with Gasteiger partial charge in [0.05, 0.1) is 5.54 Å². The Balaban J connectivity index is 2.45. The minimum Gasteiger partial charge on any atom is -0.374 e. The van der Waals surface area contributed by atoms with Crippen LogP contribution >= 0.6 is 0 Å². The van der Waals surface area contributed by atoms with Gasteiger partial charge in [0.25, 0.3) is 5.91 Å². The van der Waals surface area contributed by atoms with Gasteiger partial charge in [0.15, 0.2) is 5.60 Å². The first kappa shape index (κ1) is 11.1. The summed E-state index contributed by atoms with van der Waals surface area (Å²) in [6, 6.07) is 9.15. The number of likely N-dealkylation sites (tertiary alicyclic amines) is 1. The summed E-state index contributed by atoms with van der Waals surface area (Å²) in [4.78, 5) is 13.7. The van der Waals surface area contributed by atoms with E-state index >= 15 is 0 Å². The van der Waals surface area contributed by atoms with Crippen molar-refractivity contribution in [3.63, 3.8) is 0 Å². The van der Waals surface area contributed by atoms with E-state index in [4.69, 9.17) is 0 Å². The summed E-state index contributed by atoms with van der Waals surface area (Å²) in [5.74, 6) is -0.203. The van der Waals surface area contributed by atoms with Crippen molar-refractivity contribution in [2.45, 2.75) is 31.9 Å². The fraction of sp³-hybridized carbons (Fsp3) is 0.462. The van der Waals surface area contributed by atoms with Gasteiger partial charge in [0, 0.05) is 6.54 Å². The van der Waals surface area contributed by atoms with Gasteiger partial charge in [-0.05, 0) is 26.3 Å². The van der Waals surface area contributed by atoms with Crippen molar-refractivity contribution in [1.82, 2.24) is 4.90 Å². The van der Waals surface area contributed by atoms with Crippen LogP contribution in [-0.4, -0.2) is 28.0 Å². The Morgan fingerprint density at radius 3 is 2.25 bits per heavy atom. The van der Waals surface area contributed by atoms with Crippen molar-refractivity contribution in [3.8, 4) is 0 Å². The first-order valence-electron chi connectivity index (χ1n) is 5.56. The highest BCUT2D eigenvalue weighted by Gasteiger charge is 2.65. The summed E-state index contributed by atoms with van der Waals surface area (Å²) in [7, 11) is 0. The SMILES string of the molecule is CCN1C(=O)[C@@](O)(c2ccccc2)C1(C)C. The van der Waals surface area contributed by atoms with Crippen molar-refractivity contribution >= 4 is 5.91 Å². The zero-order chi connectivity index (χ0) is 12.0. The lowest BCUT2D eigenvalue weighted by Crippen LogP contribution is -2.77. The third kappa shape index (κ3) is 1.09. The lowest BCUT2D eigenvalue weighted by molar-refractivity contribution is -0.214. The van der Waals surface area contributed by atoms with Crippen molar-refractivity contribution in [2.24, 2.45) is 0 Å². The Labute approximate surface area is 95.7 Å². The monoisotopic (exact) mass is 219 g/mol. The molecule has 0 aromatic heterocycles. The average Bonchev–Trinajstić information content (AvgIpc) is 2.29. The third-order valence-corrected chi connectivity index (χ3v) is 3.62. The van der Waals surface area contributed by atoms with Gasteiger partial charge in [-0.15, -0.1) is 0 Å². The van der Waals surface area contributed by atoms with E-state index in [-0.39, 0.29) is 5.91 Å². The fourth-order valence-corrected chi connectivity index (χ4v) is 2.55. The highest BCUT2D eigenvalue weighted by molar-refractivity contribution is 5.95. The van der Waals surface area contributed by atoms with E-state index in [0.29, 0.717) is 12.1 Å². The second-order valence-corrected chi connectivity index (χ2v) is 4.68. The molecule has 0 saturated carbocycles. The van der Waals surface area contributed by atoms with E-state index < -0.39 is 11.1 Å². The Morgan fingerprint density at radius 1 is 1.25 bits per heavy atom. The molecule has 1 aromatic carbocycles. The van der Waals surface area contributed by atoms with Crippen LogP contribution in [0.5, 0.6) is 0 Å². The fourth-order valence-electron chi connectivity index (χ4n) is 2.55. The molecule has 1 N–H and O–H groups in total. The van der Waals surface area contributed by atoms with E-state index in [1.165, 1.54) is 0 Å². The van der Waals surface area contributed by atoms with Crippen molar-refractivity contribution in [1.29, 1.82) is 0 Å². The van der Waals surface area contributed by atoms with Crippen LogP contribution in [0.2, 0.25) is 0 Å². The molecule has 86 valence electrons. The Morgan fingerprint density at radius 2 is 1.81 bits per heavy atom. The number of likely N-dealkylation sites (N-methyl/N-ethyl adjacent to an activating group) is 1. The molecule has 1 aromatic rings. The topological polar surface area (TPSA) is 40.5 Å². The minimum absolute atomic E-state index is 0.203. The molecule has 1 saturated heterocycles. The number of hydrogen-bond acceptors (Lipinski definition) is 2. The van der Waals surface area contributed by atoms with Gasteiger partial charge in [0.1, 0.15) is 0 Å². The van der Waals surface area contributed by atoms with Crippen LogP contribution in [0.25, 0.3) is 0 Å². The average molecular weight is 219 g/mol. The van der Waals surface area contributed by atoms with Crippen molar-refractivity contribution in [3.05, 3.63) is 35.9 Å². The van der Waals surface area contributed by atoms with Gasteiger partial charge in [-0.25, -0.2) is 0 Å². The molecule has 16 heavy (non-hydrogen) atoms. The van der Waals surface area contributed by atoms with Crippen LogP contribution in [0.4, 0.5) is 0 Å². The number of carbonyl (C=O) groups excluding carboxylic acids is 1. The molecular formula is C13H17NO2. The second-order valence-electron chi connectivity index (χ2n) is 4.68. The predicted octanol–water partition coefficient (Wildman–Crippen LogP) is 1.51. The first-order valence-corrected chi connectivity index (χ1v) is 5.56. The van der Waals surface area contributed by atoms with Crippen LogP contribution in [0, 0.1) is 0 Å². The lowest BCUT2D eigenvalue weighted by Gasteiger charge is -2.59. The summed E-state index contributed by atoms with van der Waals surface area (Å²) in [5.41, 5.74) is -1.24. The molecule has 1 fully saturated rings. The van der Waals surface area contributed by atoms with Crippen molar-refractivity contribution in [2.75, 3.05) is 6.54 Å². The number of rotatable bonds is 2. The van der Waals surface area contributed by atoms with Gasteiger partial charge < -0.3 is 10.0 Å². The molecule has 1 aliphatic rings. The van der Waals surface area contributed by atoms with Gasteiger partial charge in [0.2, 0.25) is 0 Å². The highest BCUT2D eigenvalue weighted by atomic mass is 16.3. The normalized spacial score (nSPS) is 27.8. The lowest BCUT2D eigenvalue weighted by atomic mass is 9.67. The van der Waals surface area contributed by atoms with Crippen LogP contribution in [0.15, 0.2) is 30.3 Å². The molecule has 0 radical (unpaired) electrons. The van der Waals surface area contributed by atoms with E-state index in [0.717, 1.165) is 0 Å². The molecule has 2 rings (SSSR count). The van der Waals surface area contributed by atoms with E-state index in [1.54, 1.807) is 17.0 Å². The molecular weight excluding hydrogens is 202 g/mol. The van der Waals surface area contributed by atoms with Crippen LogP contribution < -0.4 is 0 Å². The number of hydrogen-bond donors (Lipinski definition) is 1. The maximum absolute atomic E-state index is 12.0. The van der Waals surface area contributed by atoms with E-state index in [1.807, 2.05) is 39.0 Å². The molecule has 0 spiro atoms. The first-order chi connectivity index (χ1) is 7.46. The zero-order valence-corrected chi connectivity index (χ0v) is 9.90. The molecule has 0 unspecified atom stereocenters. The molecule has 0 aliphatic carbocycles. The number of benzene rings is 1. The summed E-state index contributed by atoms with van der Waals surface area (Å²) in [6.45, 7) is 6.33. The second kappa shape index (κ2) is 3.32. The summed E-state index contributed by atoms with van der Waals surface area (Å²) in [5, 5.41) is 10.6. The van der Waals surface area contributed by atoms with Crippen LogP contribution in [-0.2, 0) is 10.4 Å². The maximum Gasteiger partial charge on any atom is 0.262 e. The molecule has 1 atom stereocenters. The van der Waals surface area contributed by atoms with Crippen LogP contribution in [0.3, 0.4) is 0 Å². The number of amides is 1. The molecule has 1 aliphatic heterocycles. The number of β-lactam (4-membered cyclic amide) rings is 1. The zero-order valence-electron chi connectivity index (χ0n) is 9.90. The Bertz CT molecular complexity index is 413. The maximum atomic E-state index is 12.0. The van der Waals surface area contributed by atoms with Gasteiger partial charge in [-0.1, -0.05) is 30.3 Å². The number of aliphatic hydroxyl groups is 1. The molecule has 3 nitrogen and oxygen atoms in total. The number of carbonyl (C=O) groups is 1. The highest BCUT2D eigenvalue weighted by Crippen LogP contribution is 2.47. The molecule has 3 heteroatoms. The quantitative estimate of drug-likeness (QED) is 0.766. The summed E-state index contributed by atoms with van der Waals surface area (Å²) >= 11 is 0. The Kier molecular flexibility index (Phi) is 2.31. The largest absolute Gasteiger partial charge is 0.374 e. The third-order valence-electron chi connectivity index (χ3n) is 3.62. The van der Waals surface area contributed by atoms with Gasteiger partial charge in [-0.2, -0.15) is 0 Å². The predicted molar refractivity (Wildman–Crippen MR) is 61.8 cm³/mol. The van der Waals surface area contributed by atoms with Crippen molar-refractivity contribution < 1.29 is 9.90 Å². The summed E-state index contributed by atoms with van der Waals surface area (Å²) in [6.07, 6.45) is 0. The molecule has 0 bridgehead atoms. The van der Waals surface area contributed by atoms with Gasteiger partial charge >= 0.3 is 0 Å². The summed E-state index contributed by atoms with van der Waals surface area (Å²) < 4.78 is 0.